The fraction of sp³-hybridized carbons (Fsp3) is 1.00. The molecule has 96 valence electrons. The predicted molar refractivity (Wildman–Crippen MR) is 63.9 cm³/mol. The number of rotatable bonds is 7. The van der Waals surface area contributed by atoms with Crippen LogP contribution in [0.15, 0.2) is 0 Å². The summed E-state index contributed by atoms with van der Waals surface area (Å²) in [7, 11) is -1.26. The van der Waals surface area contributed by atoms with Gasteiger partial charge < -0.3 is 10.1 Å². The molecule has 0 atom stereocenters. The molecule has 2 N–H and O–H groups in total. The zero-order chi connectivity index (χ0) is 11.9. The Bertz CT molecular complexity index is 274. The molecule has 1 fully saturated rings. The first-order valence-electron chi connectivity index (χ1n) is 5.84. The smallest absolute Gasteiger partial charge is 0.211 e. The molecule has 1 aliphatic heterocycles. The lowest BCUT2D eigenvalue weighted by molar-refractivity contribution is 0.0678. The average Bonchev–Trinajstić information content (AvgIpc) is 2.28. The number of sulfonamides is 1. The molecule has 0 aromatic heterocycles. The van der Waals surface area contributed by atoms with E-state index in [0.717, 1.165) is 32.6 Å². The number of hydrogen-bond donors (Lipinski definition) is 2. The first-order chi connectivity index (χ1) is 7.64. The Morgan fingerprint density at radius 3 is 2.62 bits per heavy atom. The fourth-order valence-electron chi connectivity index (χ4n) is 1.71. The van der Waals surface area contributed by atoms with Crippen molar-refractivity contribution in [2.24, 2.45) is 5.92 Å². The maximum atomic E-state index is 11.6. The van der Waals surface area contributed by atoms with Crippen LogP contribution in [0, 0.1) is 5.92 Å². The molecule has 0 unspecified atom stereocenters. The summed E-state index contributed by atoms with van der Waals surface area (Å²) in [6, 6.07) is 0. The summed E-state index contributed by atoms with van der Waals surface area (Å²) >= 11 is 0. The van der Waals surface area contributed by atoms with Gasteiger partial charge in [-0.05, 0) is 38.8 Å². The molecule has 0 bridgehead atoms. The van der Waals surface area contributed by atoms with Crippen LogP contribution in [0.5, 0.6) is 0 Å². The Kier molecular flexibility index (Phi) is 6.26. The molecule has 0 saturated carbocycles. The predicted octanol–water partition coefficient (Wildman–Crippen LogP) is -0.0581. The SMILES string of the molecule is CNCCCS(=O)(=O)NCC1CCOCC1. The molecule has 0 spiro atoms. The van der Waals surface area contributed by atoms with Gasteiger partial charge in [0.05, 0.1) is 5.75 Å². The molecular formula is C10H22N2O3S. The lowest BCUT2D eigenvalue weighted by atomic mass is 10.0. The Hall–Kier alpha value is -0.170. The minimum absolute atomic E-state index is 0.205. The first-order valence-corrected chi connectivity index (χ1v) is 7.49. The maximum absolute atomic E-state index is 11.6. The highest BCUT2D eigenvalue weighted by molar-refractivity contribution is 7.89. The van der Waals surface area contributed by atoms with Crippen LogP contribution < -0.4 is 10.0 Å². The second kappa shape index (κ2) is 7.21. The number of hydrogen-bond acceptors (Lipinski definition) is 4. The van der Waals surface area contributed by atoms with Gasteiger partial charge in [0.2, 0.25) is 10.0 Å². The van der Waals surface area contributed by atoms with Crippen molar-refractivity contribution in [3.05, 3.63) is 0 Å². The van der Waals surface area contributed by atoms with Crippen LogP contribution in [-0.2, 0) is 14.8 Å². The van der Waals surface area contributed by atoms with Gasteiger partial charge in [-0.2, -0.15) is 0 Å². The average molecular weight is 250 g/mol. The van der Waals surface area contributed by atoms with Gasteiger partial charge in [0.1, 0.15) is 0 Å². The zero-order valence-corrected chi connectivity index (χ0v) is 10.7. The number of nitrogens with one attached hydrogen (secondary N) is 2. The van der Waals surface area contributed by atoms with Crippen molar-refractivity contribution in [2.45, 2.75) is 19.3 Å². The van der Waals surface area contributed by atoms with E-state index < -0.39 is 10.0 Å². The molecular weight excluding hydrogens is 228 g/mol. The van der Waals surface area contributed by atoms with Gasteiger partial charge in [-0.25, -0.2) is 13.1 Å². The van der Waals surface area contributed by atoms with Crippen molar-refractivity contribution >= 4 is 10.0 Å². The Labute approximate surface area is 98.0 Å². The van der Waals surface area contributed by atoms with E-state index in [1.807, 2.05) is 7.05 Å². The first kappa shape index (κ1) is 13.9. The zero-order valence-electron chi connectivity index (χ0n) is 9.87. The van der Waals surface area contributed by atoms with Crippen molar-refractivity contribution in [1.29, 1.82) is 0 Å². The quantitative estimate of drug-likeness (QED) is 0.621. The van der Waals surface area contributed by atoms with Gasteiger partial charge in [0, 0.05) is 19.8 Å². The lowest BCUT2D eigenvalue weighted by Gasteiger charge is -2.22. The van der Waals surface area contributed by atoms with E-state index in [1.165, 1.54) is 0 Å². The van der Waals surface area contributed by atoms with Gasteiger partial charge in [0.15, 0.2) is 0 Å². The van der Waals surface area contributed by atoms with Crippen LogP contribution >= 0.6 is 0 Å². The highest BCUT2D eigenvalue weighted by atomic mass is 32.2. The third-order valence-electron chi connectivity index (χ3n) is 2.77. The summed E-state index contributed by atoms with van der Waals surface area (Å²) in [5, 5.41) is 2.94. The normalized spacial score (nSPS) is 18.8. The molecule has 5 nitrogen and oxygen atoms in total. The molecule has 1 heterocycles. The van der Waals surface area contributed by atoms with Crippen LogP contribution in [-0.4, -0.2) is 47.5 Å². The van der Waals surface area contributed by atoms with E-state index in [9.17, 15) is 8.42 Å². The monoisotopic (exact) mass is 250 g/mol. The number of ether oxygens (including phenoxy) is 1. The summed E-state index contributed by atoms with van der Waals surface area (Å²) in [5.41, 5.74) is 0. The van der Waals surface area contributed by atoms with Crippen LogP contribution in [0.1, 0.15) is 19.3 Å². The second-order valence-electron chi connectivity index (χ2n) is 4.18. The van der Waals surface area contributed by atoms with Gasteiger partial charge in [-0.1, -0.05) is 0 Å². The van der Waals surface area contributed by atoms with Gasteiger partial charge >= 0.3 is 0 Å². The molecule has 16 heavy (non-hydrogen) atoms. The summed E-state index contributed by atoms with van der Waals surface area (Å²) in [6.07, 6.45) is 2.57. The lowest BCUT2D eigenvalue weighted by Crippen LogP contribution is -2.34. The van der Waals surface area contributed by atoms with E-state index >= 15 is 0 Å². The topological polar surface area (TPSA) is 67.4 Å². The molecule has 6 heteroatoms. The standard InChI is InChI=1S/C10H22N2O3S/c1-11-5-2-8-16(13,14)12-9-10-3-6-15-7-4-10/h10-12H,2-9H2,1H3. The minimum atomic E-state index is -3.08. The third-order valence-corrected chi connectivity index (χ3v) is 4.21. The van der Waals surface area contributed by atoms with Gasteiger partial charge in [-0.15, -0.1) is 0 Å². The van der Waals surface area contributed by atoms with Crippen molar-refractivity contribution < 1.29 is 13.2 Å². The highest BCUT2D eigenvalue weighted by Crippen LogP contribution is 2.13. The summed E-state index contributed by atoms with van der Waals surface area (Å²) in [6.45, 7) is 2.81. The molecule has 0 aromatic carbocycles. The van der Waals surface area contributed by atoms with Gasteiger partial charge in [0.25, 0.3) is 0 Å². The molecule has 0 aromatic rings. The van der Waals surface area contributed by atoms with Crippen LogP contribution in [0.2, 0.25) is 0 Å². The van der Waals surface area contributed by atoms with Gasteiger partial charge in [-0.3, -0.25) is 0 Å². The summed E-state index contributed by atoms with van der Waals surface area (Å²) in [4.78, 5) is 0. The summed E-state index contributed by atoms with van der Waals surface area (Å²) < 4.78 is 31.1. The van der Waals surface area contributed by atoms with E-state index in [-0.39, 0.29) is 5.75 Å². The van der Waals surface area contributed by atoms with E-state index in [0.29, 0.717) is 18.9 Å². The highest BCUT2D eigenvalue weighted by Gasteiger charge is 2.16. The molecule has 0 amide bonds. The molecule has 1 aliphatic rings. The third kappa shape index (κ3) is 5.79. The molecule has 0 aliphatic carbocycles. The summed E-state index contributed by atoms with van der Waals surface area (Å²) in [5.74, 6) is 0.643. The van der Waals surface area contributed by atoms with E-state index in [1.54, 1.807) is 0 Å². The largest absolute Gasteiger partial charge is 0.381 e. The second-order valence-corrected chi connectivity index (χ2v) is 6.11. The van der Waals surface area contributed by atoms with Crippen molar-refractivity contribution in [2.75, 3.05) is 39.1 Å². The van der Waals surface area contributed by atoms with Crippen LogP contribution in [0.25, 0.3) is 0 Å². The van der Waals surface area contributed by atoms with Crippen LogP contribution in [0.3, 0.4) is 0 Å². The minimum Gasteiger partial charge on any atom is -0.381 e. The van der Waals surface area contributed by atoms with Crippen LogP contribution in [0.4, 0.5) is 0 Å². The fourth-order valence-corrected chi connectivity index (χ4v) is 2.86. The Balaban J connectivity index is 2.18. The maximum Gasteiger partial charge on any atom is 0.211 e. The molecule has 0 radical (unpaired) electrons. The Morgan fingerprint density at radius 2 is 2.00 bits per heavy atom. The Morgan fingerprint density at radius 1 is 1.31 bits per heavy atom. The molecule has 1 rings (SSSR count). The molecule has 1 saturated heterocycles. The van der Waals surface area contributed by atoms with E-state index in [2.05, 4.69) is 10.0 Å². The van der Waals surface area contributed by atoms with Crippen molar-refractivity contribution in [3.8, 4) is 0 Å². The van der Waals surface area contributed by atoms with Crippen molar-refractivity contribution in [1.82, 2.24) is 10.0 Å². The van der Waals surface area contributed by atoms with Crippen molar-refractivity contribution in [3.63, 3.8) is 0 Å². The van der Waals surface area contributed by atoms with E-state index in [4.69, 9.17) is 4.74 Å².